The number of unbranched alkanes of at least 4 members (excludes halogenated alkanes) is 2. The Balaban J connectivity index is 2.24. The Bertz CT molecular complexity index is 325. The van der Waals surface area contributed by atoms with E-state index in [2.05, 4.69) is 44.3 Å². The van der Waals surface area contributed by atoms with Crippen molar-refractivity contribution in [2.75, 3.05) is 13.1 Å². The zero-order chi connectivity index (χ0) is 13.2. The van der Waals surface area contributed by atoms with Gasteiger partial charge in [-0.15, -0.1) is 0 Å². The van der Waals surface area contributed by atoms with Crippen molar-refractivity contribution >= 4 is 0 Å². The lowest BCUT2D eigenvalue weighted by Crippen LogP contribution is -2.29. The Hall–Kier alpha value is -1.02. The highest BCUT2D eigenvalue weighted by Gasteiger charge is 2.03. The average molecular weight is 249 g/mol. The molecule has 0 aromatic heterocycles. The third kappa shape index (κ3) is 6.06. The number of nitrogens with one attached hydrogen (secondary N) is 1. The van der Waals surface area contributed by atoms with Gasteiger partial charge in [-0.3, -0.25) is 0 Å². The van der Waals surface area contributed by atoms with Gasteiger partial charge in [-0.05, 0) is 44.0 Å². The van der Waals surface area contributed by atoms with E-state index in [4.69, 9.17) is 4.74 Å². The Morgan fingerprint density at radius 2 is 2.06 bits per heavy atom. The summed E-state index contributed by atoms with van der Waals surface area (Å²) in [7, 11) is 0. The molecule has 0 bridgehead atoms. The van der Waals surface area contributed by atoms with Crippen LogP contribution in [0.2, 0.25) is 0 Å². The van der Waals surface area contributed by atoms with Crippen LogP contribution in [0.1, 0.15) is 45.6 Å². The summed E-state index contributed by atoms with van der Waals surface area (Å²) in [5.74, 6) is 0.984. The Kier molecular flexibility index (Phi) is 7.51. The third-order valence-corrected chi connectivity index (χ3v) is 3.03. The molecule has 0 radical (unpaired) electrons. The van der Waals surface area contributed by atoms with E-state index < -0.39 is 0 Å². The Morgan fingerprint density at radius 3 is 2.78 bits per heavy atom. The lowest BCUT2D eigenvalue weighted by molar-refractivity contribution is 0.217. The van der Waals surface area contributed by atoms with Crippen molar-refractivity contribution in [2.45, 2.75) is 52.6 Å². The van der Waals surface area contributed by atoms with E-state index in [0.29, 0.717) is 0 Å². The van der Waals surface area contributed by atoms with Gasteiger partial charge < -0.3 is 10.1 Å². The van der Waals surface area contributed by atoms with Crippen molar-refractivity contribution < 1.29 is 4.74 Å². The van der Waals surface area contributed by atoms with E-state index in [0.717, 1.165) is 25.3 Å². The fourth-order valence-corrected chi connectivity index (χ4v) is 1.92. The van der Waals surface area contributed by atoms with Crippen LogP contribution in [0.5, 0.6) is 5.75 Å². The fraction of sp³-hybridized carbons (Fsp3) is 0.625. The van der Waals surface area contributed by atoms with Gasteiger partial charge in [0.1, 0.15) is 11.9 Å². The molecule has 1 atom stereocenters. The van der Waals surface area contributed by atoms with Crippen molar-refractivity contribution in [3.63, 3.8) is 0 Å². The maximum absolute atomic E-state index is 5.90. The molecule has 2 nitrogen and oxygen atoms in total. The first-order valence-electron chi connectivity index (χ1n) is 7.22. The van der Waals surface area contributed by atoms with Crippen LogP contribution in [0.25, 0.3) is 0 Å². The average Bonchev–Trinajstić information content (AvgIpc) is 2.38. The van der Waals surface area contributed by atoms with Crippen LogP contribution in [0, 0.1) is 0 Å². The van der Waals surface area contributed by atoms with E-state index in [9.17, 15) is 0 Å². The molecular weight excluding hydrogens is 222 g/mol. The summed E-state index contributed by atoms with van der Waals surface area (Å²) in [5, 5.41) is 3.44. The molecule has 0 amide bonds. The molecule has 0 aliphatic rings. The summed E-state index contributed by atoms with van der Waals surface area (Å²) in [4.78, 5) is 0. The van der Waals surface area contributed by atoms with E-state index in [1.165, 1.54) is 24.8 Å². The van der Waals surface area contributed by atoms with Gasteiger partial charge >= 0.3 is 0 Å². The quantitative estimate of drug-likeness (QED) is 0.672. The molecule has 1 unspecified atom stereocenters. The van der Waals surface area contributed by atoms with Gasteiger partial charge in [0.05, 0.1) is 0 Å². The highest BCUT2D eigenvalue weighted by molar-refractivity contribution is 5.28. The Labute approximate surface area is 112 Å². The van der Waals surface area contributed by atoms with Crippen molar-refractivity contribution in [2.24, 2.45) is 0 Å². The summed E-state index contributed by atoms with van der Waals surface area (Å²) in [6.07, 6.45) is 5.12. The van der Waals surface area contributed by atoms with Gasteiger partial charge in [0.15, 0.2) is 0 Å². The largest absolute Gasteiger partial charge is 0.489 e. The van der Waals surface area contributed by atoms with Crippen molar-refractivity contribution in [3.8, 4) is 5.75 Å². The van der Waals surface area contributed by atoms with Crippen molar-refractivity contribution in [3.05, 3.63) is 29.8 Å². The summed E-state index contributed by atoms with van der Waals surface area (Å²) in [5.41, 5.74) is 1.33. The molecule has 0 aliphatic carbocycles. The lowest BCUT2D eigenvalue weighted by Gasteiger charge is -2.16. The summed E-state index contributed by atoms with van der Waals surface area (Å²) in [6, 6.07) is 8.37. The SMILES string of the molecule is CCCCCNCC(C)Oc1cccc(CC)c1. The number of ether oxygens (including phenoxy) is 1. The van der Waals surface area contributed by atoms with Gasteiger partial charge in [-0.1, -0.05) is 38.8 Å². The number of aryl methyl sites for hydroxylation is 1. The van der Waals surface area contributed by atoms with Crippen LogP contribution in [-0.4, -0.2) is 19.2 Å². The van der Waals surface area contributed by atoms with E-state index in [1.807, 2.05) is 6.07 Å². The molecule has 102 valence electrons. The van der Waals surface area contributed by atoms with Gasteiger partial charge in [0, 0.05) is 6.54 Å². The molecule has 2 heteroatoms. The highest BCUT2D eigenvalue weighted by Crippen LogP contribution is 2.15. The topological polar surface area (TPSA) is 21.3 Å². The number of rotatable bonds is 9. The van der Waals surface area contributed by atoms with Gasteiger partial charge in [0.2, 0.25) is 0 Å². The third-order valence-electron chi connectivity index (χ3n) is 3.03. The highest BCUT2D eigenvalue weighted by atomic mass is 16.5. The van der Waals surface area contributed by atoms with Gasteiger partial charge in [-0.2, -0.15) is 0 Å². The van der Waals surface area contributed by atoms with E-state index >= 15 is 0 Å². The van der Waals surface area contributed by atoms with Crippen LogP contribution in [0.15, 0.2) is 24.3 Å². The minimum absolute atomic E-state index is 0.221. The second-order valence-corrected chi connectivity index (χ2v) is 4.84. The molecular formula is C16H27NO. The smallest absolute Gasteiger partial charge is 0.120 e. The monoisotopic (exact) mass is 249 g/mol. The molecule has 0 heterocycles. The maximum atomic E-state index is 5.90. The second kappa shape index (κ2) is 8.98. The first-order valence-corrected chi connectivity index (χ1v) is 7.22. The summed E-state index contributed by atoms with van der Waals surface area (Å²) in [6.45, 7) is 8.52. The van der Waals surface area contributed by atoms with Crippen LogP contribution in [-0.2, 0) is 6.42 Å². The summed E-state index contributed by atoms with van der Waals surface area (Å²) < 4.78 is 5.90. The normalized spacial score (nSPS) is 12.4. The molecule has 0 fully saturated rings. The minimum atomic E-state index is 0.221. The molecule has 0 spiro atoms. The molecule has 0 aliphatic heterocycles. The molecule has 0 saturated carbocycles. The van der Waals surface area contributed by atoms with Gasteiger partial charge in [0.25, 0.3) is 0 Å². The molecule has 1 aromatic rings. The second-order valence-electron chi connectivity index (χ2n) is 4.84. The lowest BCUT2D eigenvalue weighted by atomic mass is 10.2. The summed E-state index contributed by atoms with van der Waals surface area (Å²) >= 11 is 0. The molecule has 0 saturated heterocycles. The Morgan fingerprint density at radius 1 is 1.22 bits per heavy atom. The number of hydrogen-bond donors (Lipinski definition) is 1. The predicted molar refractivity (Wildman–Crippen MR) is 78.3 cm³/mol. The van der Waals surface area contributed by atoms with Gasteiger partial charge in [-0.25, -0.2) is 0 Å². The number of benzene rings is 1. The molecule has 18 heavy (non-hydrogen) atoms. The molecule has 1 N–H and O–H groups in total. The van der Waals surface area contributed by atoms with Crippen LogP contribution in [0.4, 0.5) is 0 Å². The van der Waals surface area contributed by atoms with E-state index in [-0.39, 0.29) is 6.10 Å². The minimum Gasteiger partial charge on any atom is -0.489 e. The zero-order valence-corrected chi connectivity index (χ0v) is 12.0. The van der Waals surface area contributed by atoms with Crippen LogP contribution < -0.4 is 10.1 Å². The number of hydrogen-bond acceptors (Lipinski definition) is 2. The molecule has 1 rings (SSSR count). The molecule has 1 aromatic carbocycles. The zero-order valence-electron chi connectivity index (χ0n) is 12.0. The van der Waals surface area contributed by atoms with E-state index in [1.54, 1.807) is 0 Å². The fourth-order valence-electron chi connectivity index (χ4n) is 1.92. The van der Waals surface area contributed by atoms with Crippen LogP contribution >= 0.6 is 0 Å². The predicted octanol–water partition coefficient (Wildman–Crippen LogP) is 3.80. The standard InChI is InChI=1S/C16H27NO/c1-4-6-7-11-17-13-14(3)18-16-10-8-9-15(5-2)12-16/h8-10,12,14,17H,4-7,11,13H2,1-3H3. The van der Waals surface area contributed by atoms with Crippen molar-refractivity contribution in [1.82, 2.24) is 5.32 Å². The first-order chi connectivity index (χ1) is 8.76. The van der Waals surface area contributed by atoms with Crippen molar-refractivity contribution in [1.29, 1.82) is 0 Å². The maximum Gasteiger partial charge on any atom is 0.120 e. The van der Waals surface area contributed by atoms with Crippen LogP contribution in [0.3, 0.4) is 0 Å². The first kappa shape index (κ1) is 15.0.